The van der Waals surface area contributed by atoms with Crippen molar-refractivity contribution in [3.8, 4) is 0 Å². The van der Waals surface area contributed by atoms with E-state index in [-0.39, 0.29) is 5.78 Å². The summed E-state index contributed by atoms with van der Waals surface area (Å²) >= 11 is 5.72. The molecule has 0 bridgehead atoms. The Balaban J connectivity index is 2.08. The maximum absolute atomic E-state index is 11.7. The van der Waals surface area contributed by atoms with E-state index in [0.717, 1.165) is 0 Å². The average molecular weight is 276 g/mol. The minimum Gasteiger partial charge on any atom is -0.312 e. The third kappa shape index (κ3) is 3.39. The standard InChI is InChI=1S/C14H10ClNO3/c1-9-8-12(17)6-7-13(9)16-19-14(18)10-2-4-11(15)5-3-10/h2-8H,1H3. The fourth-order valence-electron chi connectivity index (χ4n) is 1.46. The molecule has 19 heavy (non-hydrogen) atoms. The van der Waals surface area contributed by atoms with E-state index in [1.54, 1.807) is 31.2 Å². The molecule has 0 saturated carbocycles. The van der Waals surface area contributed by atoms with Gasteiger partial charge in [0.05, 0.1) is 5.56 Å². The Morgan fingerprint density at radius 3 is 2.53 bits per heavy atom. The minimum absolute atomic E-state index is 0.111. The van der Waals surface area contributed by atoms with E-state index < -0.39 is 5.97 Å². The van der Waals surface area contributed by atoms with E-state index in [4.69, 9.17) is 16.4 Å². The number of halogens is 1. The van der Waals surface area contributed by atoms with Crippen molar-refractivity contribution in [2.75, 3.05) is 0 Å². The van der Waals surface area contributed by atoms with Crippen molar-refractivity contribution in [1.82, 2.24) is 0 Å². The van der Waals surface area contributed by atoms with E-state index in [1.807, 2.05) is 0 Å². The lowest BCUT2D eigenvalue weighted by Gasteiger charge is -2.05. The zero-order valence-electron chi connectivity index (χ0n) is 10.1. The van der Waals surface area contributed by atoms with Gasteiger partial charge in [-0.1, -0.05) is 16.8 Å². The molecule has 2 rings (SSSR count). The van der Waals surface area contributed by atoms with Gasteiger partial charge in [0.1, 0.15) is 5.71 Å². The fraction of sp³-hybridized carbons (Fsp3) is 0.0714. The van der Waals surface area contributed by atoms with E-state index in [1.165, 1.54) is 18.2 Å². The number of carbonyl (C=O) groups excluding carboxylic acids is 2. The first-order valence-corrected chi connectivity index (χ1v) is 5.89. The first-order valence-electron chi connectivity index (χ1n) is 5.52. The first-order chi connectivity index (χ1) is 9.06. The lowest BCUT2D eigenvalue weighted by molar-refractivity contribution is -0.110. The number of allylic oxidation sites excluding steroid dienone is 4. The molecule has 0 radical (unpaired) electrons. The molecule has 0 spiro atoms. The minimum atomic E-state index is -0.581. The summed E-state index contributed by atoms with van der Waals surface area (Å²) in [5.41, 5.74) is 1.45. The van der Waals surface area contributed by atoms with Crippen molar-refractivity contribution >= 4 is 29.1 Å². The number of oxime groups is 1. The highest BCUT2D eigenvalue weighted by Crippen LogP contribution is 2.11. The first kappa shape index (κ1) is 13.2. The number of benzene rings is 1. The van der Waals surface area contributed by atoms with Gasteiger partial charge in [-0.25, -0.2) is 4.79 Å². The van der Waals surface area contributed by atoms with Crippen LogP contribution in [-0.4, -0.2) is 17.5 Å². The second kappa shape index (κ2) is 5.63. The summed E-state index contributed by atoms with van der Waals surface area (Å²) in [5, 5.41) is 4.26. The third-order valence-corrected chi connectivity index (χ3v) is 2.73. The van der Waals surface area contributed by atoms with Gasteiger partial charge in [-0.3, -0.25) is 4.79 Å². The van der Waals surface area contributed by atoms with Gasteiger partial charge in [0.2, 0.25) is 0 Å². The van der Waals surface area contributed by atoms with Gasteiger partial charge < -0.3 is 4.84 Å². The molecule has 0 fully saturated rings. The quantitative estimate of drug-likeness (QED) is 0.474. The number of hydrogen-bond acceptors (Lipinski definition) is 4. The predicted molar refractivity (Wildman–Crippen MR) is 72.2 cm³/mol. The van der Waals surface area contributed by atoms with Crippen LogP contribution in [0.4, 0.5) is 0 Å². The Bertz CT molecular complexity index is 612. The van der Waals surface area contributed by atoms with E-state index in [9.17, 15) is 9.59 Å². The van der Waals surface area contributed by atoms with E-state index in [2.05, 4.69) is 5.16 Å². The maximum atomic E-state index is 11.7. The molecule has 0 N–H and O–H groups in total. The van der Waals surface area contributed by atoms with Gasteiger partial charge in [-0.2, -0.15) is 0 Å². The van der Waals surface area contributed by atoms with Crippen LogP contribution >= 0.6 is 11.6 Å². The van der Waals surface area contributed by atoms with Gasteiger partial charge in [-0.05, 0) is 55.0 Å². The summed E-state index contributed by atoms with van der Waals surface area (Å²) in [4.78, 5) is 27.6. The van der Waals surface area contributed by atoms with Crippen molar-refractivity contribution in [1.29, 1.82) is 0 Å². The molecule has 5 heteroatoms. The largest absolute Gasteiger partial charge is 0.365 e. The zero-order valence-corrected chi connectivity index (χ0v) is 10.8. The summed E-state index contributed by atoms with van der Waals surface area (Å²) in [6, 6.07) is 6.28. The van der Waals surface area contributed by atoms with Gasteiger partial charge in [0.25, 0.3) is 0 Å². The third-order valence-electron chi connectivity index (χ3n) is 2.48. The maximum Gasteiger partial charge on any atom is 0.365 e. The van der Waals surface area contributed by atoms with Crippen LogP contribution in [0, 0.1) is 0 Å². The smallest absolute Gasteiger partial charge is 0.312 e. The zero-order chi connectivity index (χ0) is 13.8. The molecule has 1 aliphatic rings. The van der Waals surface area contributed by atoms with Crippen LogP contribution in [-0.2, 0) is 9.63 Å². The molecule has 4 nitrogen and oxygen atoms in total. The molecular formula is C14H10ClNO3. The molecule has 0 heterocycles. The highest BCUT2D eigenvalue weighted by Gasteiger charge is 2.10. The molecule has 96 valence electrons. The Kier molecular flexibility index (Phi) is 3.92. The number of nitrogens with zero attached hydrogens (tertiary/aromatic N) is 1. The Morgan fingerprint density at radius 1 is 1.21 bits per heavy atom. The molecule has 1 aromatic carbocycles. The second-order valence-corrected chi connectivity index (χ2v) is 4.36. The Hall–Kier alpha value is -2.20. The molecule has 1 aromatic rings. The normalized spacial score (nSPS) is 16.4. The van der Waals surface area contributed by atoms with Gasteiger partial charge >= 0.3 is 5.97 Å². The number of hydrogen-bond donors (Lipinski definition) is 0. The van der Waals surface area contributed by atoms with Crippen LogP contribution < -0.4 is 0 Å². The number of ketones is 1. The van der Waals surface area contributed by atoms with Gasteiger partial charge in [0, 0.05) is 5.02 Å². The van der Waals surface area contributed by atoms with Crippen molar-refractivity contribution in [3.63, 3.8) is 0 Å². The molecule has 1 aliphatic carbocycles. The predicted octanol–water partition coefficient (Wildman–Crippen LogP) is 2.94. The lowest BCUT2D eigenvalue weighted by atomic mass is 10.1. The summed E-state index contributed by atoms with van der Waals surface area (Å²) in [6.45, 7) is 1.72. The van der Waals surface area contributed by atoms with E-state index >= 15 is 0 Å². The summed E-state index contributed by atoms with van der Waals surface area (Å²) in [6.07, 6.45) is 4.30. The average Bonchev–Trinajstić information content (AvgIpc) is 2.38. The molecule has 0 atom stereocenters. The van der Waals surface area contributed by atoms with Crippen molar-refractivity contribution < 1.29 is 14.4 Å². The van der Waals surface area contributed by atoms with Crippen molar-refractivity contribution in [3.05, 3.63) is 58.7 Å². The molecular weight excluding hydrogens is 266 g/mol. The van der Waals surface area contributed by atoms with Crippen molar-refractivity contribution in [2.24, 2.45) is 5.16 Å². The molecule has 0 aromatic heterocycles. The van der Waals surface area contributed by atoms with Gasteiger partial charge in [-0.15, -0.1) is 0 Å². The van der Waals surface area contributed by atoms with Gasteiger partial charge in [0.15, 0.2) is 5.78 Å². The van der Waals surface area contributed by atoms with Crippen LogP contribution in [0.25, 0.3) is 0 Å². The Morgan fingerprint density at radius 2 is 1.89 bits per heavy atom. The lowest BCUT2D eigenvalue weighted by Crippen LogP contribution is -2.08. The number of carbonyl (C=O) groups is 2. The highest BCUT2D eigenvalue weighted by atomic mass is 35.5. The van der Waals surface area contributed by atoms with Crippen LogP contribution in [0.5, 0.6) is 0 Å². The molecule has 0 amide bonds. The monoisotopic (exact) mass is 275 g/mol. The van der Waals surface area contributed by atoms with Crippen LogP contribution in [0.1, 0.15) is 17.3 Å². The van der Waals surface area contributed by atoms with E-state index in [0.29, 0.717) is 21.9 Å². The highest BCUT2D eigenvalue weighted by molar-refractivity contribution is 6.30. The molecule has 0 unspecified atom stereocenters. The fourth-order valence-corrected chi connectivity index (χ4v) is 1.59. The summed E-state index contributed by atoms with van der Waals surface area (Å²) in [7, 11) is 0. The summed E-state index contributed by atoms with van der Waals surface area (Å²) < 4.78 is 0. The van der Waals surface area contributed by atoms with Crippen LogP contribution in [0.15, 0.2) is 53.2 Å². The van der Waals surface area contributed by atoms with Crippen molar-refractivity contribution in [2.45, 2.75) is 6.92 Å². The molecule has 0 saturated heterocycles. The van der Waals surface area contributed by atoms with Crippen LogP contribution in [0.3, 0.4) is 0 Å². The topological polar surface area (TPSA) is 55.7 Å². The molecule has 0 aliphatic heterocycles. The summed E-state index contributed by atoms with van der Waals surface area (Å²) in [5.74, 6) is -0.692. The van der Waals surface area contributed by atoms with Crippen LogP contribution in [0.2, 0.25) is 5.02 Å². The Labute approximate surface area is 115 Å². The second-order valence-electron chi connectivity index (χ2n) is 3.93. The number of rotatable bonds is 2. The SMILES string of the molecule is CC1=CC(=O)C=CC1=NOC(=O)c1ccc(Cl)cc1.